The van der Waals surface area contributed by atoms with E-state index >= 15 is 0 Å². The Balaban J connectivity index is 1.48. The van der Waals surface area contributed by atoms with Gasteiger partial charge in [0, 0.05) is 24.7 Å². The van der Waals surface area contributed by atoms with Gasteiger partial charge in [0.1, 0.15) is 6.04 Å². The van der Waals surface area contributed by atoms with Crippen LogP contribution in [0.25, 0.3) is 0 Å². The molecule has 6 nitrogen and oxygen atoms in total. The number of carbonyl (C=O) groups excluding carboxylic acids is 2. The van der Waals surface area contributed by atoms with Gasteiger partial charge in [-0.05, 0) is 42.2 Å². The van der Waals surface area contributed by atoms with E-state index in [1.54, 1.807) is 24.3 Å². The van der Waals surface area contributed by atoms with Gasteiger partial charge in [-0.2, -0.15) is 0 Å². The van der Waals surface area contributed by atoms with E-state index in [-0.39, 0.29) is 22.8 Å². The molecular formula is C24H28N2O4S. The van der Waals surface area contributed by atoms with Gasteiger partial charge in [-0.1, -0.05) is 49.6 Å². The molecule has 1 heterocycles. The van der Waals surface area contributed by atoms with Gasteiger partial charge in [0.05, 0.1) is 11.0 Å². The number of hydrogen-bond donors (Lipinski definition) is 1. The summed E-state index contributed by atoms with van der Waals surface area (Å²) in [5.41, 5.74) is 2.94. The van der Waals surface area contributed by atoms with Crippen molar-refractivity contribution in [2.24, 2.45) is 0 Å². The number of para-hydroxylation sites is 1. The molecule has 164 valence electrons. The molecule has 1 saturated carbocycles. The molecule has 0 unspecified atom stereocenters. The molecule has 2 aliphatic rings. The molecule has 0 saturated heterocycles. The lowest BCUT2D eigenvalue weighted by atomic mass is 10.0. The van der Waals surface area contributed by atoms with Crippen molar-refractivity contribution in [3.8, 4) is 0 Å². The molecule has 2 aromatic carbocycles. The Labute approximate surface area is 183 Å². The van der Waals surface area contributed by atoms with Crippen LogP contribution in [0.4, 0.5) is 11.4 Å². The van der Waals surface area contributed by atoms with Gasteiger partial charge in [0.15, 0.2) is 9.84 Å². The highest BCUT2D eigenvalue weighted by molar-refractivity contribution is 7.91. The van der Waals surface area contributed by atoms with Crippen LogP contribution in [0.3, 0.4) is 0 Å². The van der Waals surface area contributed by atoms with Gasteiger partial charge in [0.25, 0.3) is 0 Å². The van der Waals surface area contributed by atoms with E-state index in [4.69, 9.17) is 0 Å². The highest BCUT2D eigenvalue weighted by atomic mass is 32.2. The first kappa shape index (κ1) is 21.6. The Morgan fingerprint density at radius 2 is 1.77 bits per heavy atom. The lowest BCUT2D eigenvalue weighted by Gasteiger charge is -2.23. The predicted octanol–water partition coefficient (Wildman–Crippen LogP) is 3.85. The zero-order chi connectivity index (χ0) is 22.0. The fourth-order valence-corrected chi connectivity index (χ4v) is 6.66. The van der Waals surface area contributed by atoms with Crippen LogP contribution in [-0.2, 0) is 31.6 Å². The number of hydrogen-bond acceptors (Lipinski definition) is 4. The third kappa shape index (κ3) is 4.66. The fraction of sp³-hybridized carbons (Fsp3) is 0.417. The summed E-state index contributed by atoms with van der Waals surface area (Å²) in [6, 6.07) is 13.9. The SMILES string of the molecule is CC(=O)N1c2ccccc2C[C@H]1C(=O)Nc1cccc(CS(=O)(=O)C2CCCCC2)c1. The number of fused-ring (bicyclic) bond motifs is 1. The average Bonchev–Trinajstić information content (AvgIpc) is 3.14. The highest BCUT2D eigenvalue weighted by Gasteiger charge is 2.36. The second-order valence-corrected chi connectivity index (χ2v) is 10.8. The lowest BCUT2D eigenvalue weighted by molar-refractivity contribution is -0.122. The Kier molecular flexibility index (Phi) is 6.14. The number of sulfone groups is 1. The maximum atomic E-state index is 13.0. The molecule has 1 aliphatic carbocycles. The summed E-state index contributed by atoms with van der Waals surface area (Å²) in [4.78, 5) is 26.8. The van der Waals surface area contributed by atoms with Crippen molar-refractivity contribution >= 4 is 33.0 Å². The van der Waals surface area contributed by atoms with Crippen molar-refractivity contribution in [2.45, 2.75) is 62.5 Å². The van der Waals surface area contributed by atoms with Gasteiger partial charge in [-0.3, -0.25) is 14.5 Å². The molecular weight excluding hydrogens is 412 g/mol. The number of rotatable bonds is 5. The second kappa shape index (κ2) is 8.83. The van der Waals surface area contributed by atoms with Crippen LogP contribution in [0, 0.1) is 0 Å². The molecule has 1 fully saturated rings. The molecule has 1 N–H and O–H groups in total. The van der Waals surface area contributed by atoms with E-state index in [1.165, 1.54) is 11.8 Å². The maximum Gasteiger partial charge on any atom is 0.247 e. The average molecular weight is 441 g/mol. The van der Waals surface area contributed by atoms with Crippen molar-refractivity contribution in [3.05, 3.63) is 59.7 Å². The number of nitrogens with zero attached hydrogens (tertiary/aromatic N) is 1. The fourth-order valence-electron chi connectivity index (χ4n) is 4.72. The third-order valence-corrected chi connectivity index (χ3v) is 8.46. The molecule has 0 radical (unpaired) electrons. The Morgan fingerprint density at radius 1 is 1.03 bits per heavy atom. The summed E-state index contributed by atoms with van der Waals surface area (Å²) in [6.07, 6.45) is 4.98. The Hall–Kier alpha value is -2.67. The van der Waals surface area contributed by atoms with E-state index in [1.807, 2.05) is 24.3 Å². The van der Waals surface area contributed by atoms with E-state index in [0.29, 0.717) is 17.7 Å². The van der Waals surface area contributed by atoms with Gasteiger partial charge < -0.3 is 5.32 Å². The Bertz CT molecular complexity index is 1090. The largest absolute Gasteiger partial charge is 0.324 e. The van der Waals surface area contributed by atoms with Crippen molar-refractivity contribution in [3.63, 3.8) is 0 Å². The van der Waals surface area contributed by atoms with Gasteiger partial charge >= 0.3 is 0 Å². The minimum absolute atomic E-state index is 0.0180. The van der Waals surface area contributed by atoms with Crippen LogP contribution in [0.1, 0.15) is 50.2 Å². The quantitative estimate of drug-likeness (QED) is 0.765. The van der Waals surface area contributed by atoms with Gasteiger partial charge in [-0.15, -0.1) is 0 Å². The summed E-state index contributed by atoms with van der Waals surface area (Å²) in [6.45, 7) is 1.46. The monoisotopic (exact) mass is 440 g/mol. The summed E-state index contributed by atoms with van der Waals surface area (Å²) in [5.74, 6) is -0.480. The molecule has 1 atom stereocenters. The van der Waals surface area contributed by atoms with Gasteiger partial charge in [-0.25, -0.2) is 8.42 Å². The summed E-state index contributed by atoms with van der Waals surface area (Å²) < 4.78 is 25.6. The molecule has 0 aromatic heterocycles. The third-order valence-electron chi connectivity index (χ3n) is 6.24. The zero-order valence-electron chi connectivity index (χ0n) is 17.7. The Morgan fingerprint density at radius 3 is 2.52 bits per heavy atom. The van der Waals surface area contributed by atoms with Crippen molar-refractivity contribution < 1.29 is 18.0 Å². The van der Waals surface area contributed by atoms with Crippen LogP contribution in [0.2, 0.25) is 0 Å². The topological polar surface area (TPSA) is 83.6 Å². The minimum Gasteiger partial charge on any atom is -0.324 e. The molecule has 0 spiro atoms. The number of amides is 2. The summed E-state index contributed by atoms with van der Waals surface area (Å²) >= 11 is 0. The van der Waals surface area contributed by atoms with Crippen molar-refractivity contribution in [1.82, 2.24) is 0 Å². The van der Waals surface area contributed by atoms with E-state index in [2.05, 4.69) is 5.32 Å². The van der Waals surface area contributed by atoms with Crippen molar-refractivity contribution in [2.75, 3.05) is 10.2 Å². The van der Waals surface area contributed by atoms with Crippen LogP contribution in [0.15, 0.2) is 48.5 Å². The molecule has 1 aliphatic heterocycles. The zero-order valence-corrected chi connectivity index (χ0v) is 18.5. The first-order valence-corrected chi connectivity index (χ1v) is 12.6. The predicted molar refractivity (Wildman–Crippen MR) is 122 cm³/mol. The van der Waals surface area contributed by atoms with E-state index in [9.17, 15) is 18.0 Å². The molecule has 4 rings (SSSR count). The standard InChI is InChI=1S/C24H28N2O4S/c1-17(27)26-22-13-6-5-9-19(22)15-23(26)24(28)25-20-10-7-8-18(14-20)16-31(29,30)21-11-3-2-4-12-21/h5-10,13-14,21,23H,2-4,11-12,15-16H2,1H3,(H,25,28)/t23-/m0/s1. The van der Waals surface area contributed by atoms with E-state index < -0.39 is 15.9 Å². The molecule has 2 amide bonds. The molecule has 31 heavy (non-hydrogen) atoms. The summed E-state index contributed by atoms with van der Waals surface area (Å²) in [5, 5.41) is 2.62. The number of nitrogens with one attached hydrogen (secondary N) is 1. The van der Waals surface area contributed by atoms with Gasteiger partial charge in [0.2, 0.25) is 11.8 Å². The maximum absolute atomic E-state index is 13.0. The number of anilines is 2. The number of carbonyl (C=O) groups is 2. The van der Waals surface area contributed by atoms with Crippen LogP contribution >= 0.6 is 0 Å². The van der Waals surface area contributed by atoms with Crippen molar-refractivity contribution in [1.29, 1.82) is 0 Å². The van der Waals surface area contributed by atoms with E-state index in [0.717, 1.165) is 43.4 Å². The molecule has 2 aromatic rings. The number of benzene rings is 2. The normalized spacial score (nSPS) is 19.1. The lowest BCUT2D eigenvalue weighted by Crippen LogP contribution is -2.44. The molecule has 7 heteroatoms. The summed E-state index contributed by atoms with van der Waals surface area (Å²) in [7, 11) is -3.22. The highest BCUT2D eigenvalue weighted by Crippen LogP contribution is 2.33. The van der Waals surface area contributed by atoms with Crippen LogP contribution in [0.5, 0.6) is 0 Å². The first-order valence-electron chi connectivity index (χ1n) is 10.8. The second-order valence-electron chi connectivity index (χ2n) is 8.49. The smallest absolute Gasteiger partial charge is 0.247 e. The van der Waals surface area contributed by atoms with Crippen LogP contribution < -0.4 is 10.2 Å². The first-order chi connectivity index (χ1) is 14.8. The minimum atomic E-state index is -3.22. The molecule has 0 bridgehead atoms. The van der Waals surface area contributed by atoms with Crippen LogP contribution in [-0.4, -0.2) is 31.5 Å².